The highest BCUT2D eigenvalue weighted by Crippen LogP contribution is 2.13. The topological polar surface area (TPSA) is 16.1 Å². The lowest BCUT2D eigenvalue weighted by molar-refractivity contribution is 0.217. The van der Waals surface area contributed by atoms with Gasteiger partial charge in [0.1, 0.15) is 0 Å². The zero-order valence-corrected chi connectivity index (χ0v) is 11.9. The molecule has 1 unspecified atom stereocenters. The first-order chi connectivity index (χ1) is 7.71. The van der Waals surface area contributed by atoms with Gasteiger partial charge in [0, 0.05) is 24.4 Å². The average Bonchev–Trinajstić information content (AvgIpc) is 2.77. The Labute approximate surface area is 108 Å². The molecule has 16 heavy (non-hydrogen) atoms. The summed E-state index contributed by atoms with van der Waals surface area (Å²) < 4.78 is 0. The molecule has 0 aromatic carbocycles. The second kappa shape index (κ2) is 7.25. The van der Waals surface area contributed by atoms with E-state index >= 15 is 0 Å². The van der Waals surface area contributed by atoms with Gasteiger partial charge in [-0.1, -0.05) is 13.8 Å². The Morgan fingerprint density at radius 3 is 2.75 bits per heavy atom. The van der Waals surface area contributed by atoms with Crippen molar-refractivity contribution in [2.45, 2.75) is 45.5 Å². The molecule has 0 amide bonds. The van der Waals surface area contributed by atoms with Crippen molar-refractivity contribution >= 4 is 22.9 Å². The molecular formula is C12H21ClN2S. The van der Waals surface area contributed by atoms with Crippen molar-refractivity contribution in [3.63, 3.8) is 0 Å². The van der Waals surface area contributed by atoms with Crippen LogP contribution in [0.5, 0.6) is 0 Å². The second-order valence-corrected chi connectivity index (χ2v) is 5.21. The lowest BCUT2D eigenvalue weighted by Gasteiger charge is -2.26. The van der Waals surface area contributed by atoms with Crippen LogP contribution in [-0.4, -0.2) is 29.0 Å². The van der Waals surface area contributed by atoms with Crippen LogP contribution in [0.1, 0.15) is 37.9 Å². The zero-order valence-electron chi connectivity index (χ0n) is 10.4. The van der Waals surface area contributed by atoms with E-state index in [2.05, 4.69) is 36.0 Å². The average molecular weight is 261 g/mol. The number of aromatic nitrogens is 1. The molecule has 1 aromatic rings. The predicted octanol–water partition coefficient (Wildman–Crippen LogP) is 3.54. The first kappa shape index (κ1) is 13.9. The van der Waals surface area contributed by atoms with Gasteiger partial charge in [0.15, 0.2) is 0 Å². The van der Waals surface area contributed by atoms with Crippen LogP contribution in [0, 0.1) is 0 Å². The molecule has 0 N–H and O–H groups in total. The molecule has 1 rings (SSSR count). The number of likely N-dealkylation sites (N-methyl/N-ethyl adjacent to an activating group) is 1. The third-order valence-corrected chi connectivity index (χ3v) is 4.20. The van der Waals surface area contributed by atoms with E-state index in [0.717, 1.165) is 25.2 Å². The van der Waals surface area contributed by atoms with Gasteiger partial charge in [0.05, 0.1) is 16.6 Å². The molecule has 0 spiro atoms. The minimum absolute atomic E-state index is 0.527. The standard InChI is InChI=1S/C12H21ClN2S/c1-4-10(3)15(5-2)7-6-12-14-11(8-13)9-16-12/h9-10H,4-8H2,1-3H3. The number of alkyl halides is 1. The number of halogens is 1. The van der Waals surface area contributed by atoms with E-state index in [9.17, 15) is 0 Å². The summed E-state index contributed by atoms with van der Waals surface area (Å²) >= 11 is 7.46. The summed E-state index contributed by atoms with van der Waals surface area (Å²) in [6, 6.07) is 0.664. The van der Waals surface area contributed by atoms with Crippen molar-refractivity contribution in [1.29, 1.82) is 0 Å². The number of hydrogen-bond donors (Lipinski definition) is 0. The van der Waals surface area contributed by atoms with Gasteiger partial charge < -0.3 is 4.90 Å². The summed E-state index contributed by atoms with van der Waals surface area (Å²) in [5, 5.41) is 3.26. The Kier molecular flexibility index (Phi) is 6.32. The van der Waals surface area contributed by atoms with Gasteiger partial charge in [0.25, 0.3) is 0 Å². The van der Waals surface area contributed by atoms with E-state index in [-0.39, 0.29) is 0 Å². The molecule has 0 bridgehead atoms. The molecule has 0 aliphatic carbocycles. The van der Waals surface area contributed by atoms with Gasteiger partial charge in [-0.3, -0.25) is 0 Å². The fraction of sp³-hybridized carbons (Fsp3) is 0.750. The predicted molar refractivity (Wildman–Crippen MR) is 72.4 cm³/mol. The molecule has 0 aliphatic rings. The van der Waals surface area contributed by atoms with Crippen LogP contribution >= 0.6 is 22.9 Å². The van der Waals surface area contributed by atoms with Gasteiger partial charge in [-0.25, -0.2) is 4.98 Å². The van der Waals surface area contributed by atoms with Crippen molar-refractivity contribution in [2.75, 3.05) is 13.1 Å². The van der Waals surface area contributed by atoms with E-state index < -0.39 is 0 Å². The smallest absolute Gasteiger partial charge is 0.0941 e. The minimum atomic E-state index is 0.527. The van der Waals surface area contributed by atoms with E-state index in [1.807, 2.05) is 0 Å². The maximum atomic E-state index is 5.74. The van der Waals surface area contributed by atoms with Crippen molar-refractivity contribution < 1.29 is 0 Å². The van der Waals surface area contributed by atoms with Crippen molar-refractivity contribution in [3.8, 4) is 0 Å². The van der Waals surface area contributed by atoms with Gasteiger partial charge in [-0.05, 0) is 19.9 Å². The Bertz CT molecular complexity index is 301. The molecule has 0 saturated heterocycles. The largest absolute Gasteiger partial charge is 0.301 e. The molecule has 0 aliphatic heterocycles. The maximum absolute atomic E-state index is 5.74. The van der Waals surface area contributed by atoms with Crippen molar-refractivity contribution in [1.82, 2.24) is 9.88 Å². The van der Waals surface area contributed by atoms with E-state index in [1.54, 1.807) is 11.3 Å². The lowest BCUT2D eigenvalue weighted by Crippen LogP contribution is -2.34. The third kappa shape index (κ3) is 4.04. The fourth-order valence-electron chi connectivity index (χ4n) is 1.71. The Balaban J connectivity index is 2.42. The number of nitrogens with zero attached hydrogens (tertiary/aromatic N) is 2. The SMILES string of the molecule is CCC(C)N(CC)CCc1nc(CCl)cs1. The van der Waals surface area contributed by atoms with Crippen LogP contribution in [-0.2, 0) is 12.3 Å². The molecule has 1 heterocycles. The quantitative estimate of drug-likeness (QED) is 0.697. The van der Waals surface area contributed by atoms with Crippen LogP contribution < -0.4 is 0 Å². The molecule has 0 radical (unpaired) electrons. The summed E-state index contributed by atoms with van der Waals surface area (Å²) in [6.45, 7) is 8.96. The van der Waals surface area contributed by atoms with Gasteiger partial charge in [-0.15, -0.1) is 22.9 Å². The molecular weight excluding hydrogens is 240 g/mol. The summed E-state index contributed by atoms with van der Waals surface area (Å²) in [5.41, 5.74) is 1.01. The zero-order chi connectivity index (χ0) is 12.0. The first-order valence-electron chi connectivity index (χ1n) is 5.94. The molecule has 1 atom stereocenters. The molecule has 0 saturated carbocycles. The Hall–Kier alpha value is -0.120. The molecule has 92 valence electrons. The minimum Gasteiger partial charge on any atom is -0.301 e. The van der Waals surface area contributed by atoms with Gasteiger partial charge in [-0.2, -0.15) is 0 Å². The number of rotatable bonds is 7. The van der Waals surface area contributed by atoms with Gasteiger partial charge >= 0.3 is 0 Å². The fourth-order valence-corrected chi connectivity index (χ4v) is 2.73. The van der Waals surface area contributed by atoms with Gasteiger partial charge in [0.2, 0.25) is 0 Å². The van der Waals surface area contributed by atoms with E-state index in [1.165, 1.54) is 11.4 Å². The summed E-state index contributed by atoms with van der Waals surface area (Å²) in [5.74, 6) is 0.527. The van der Waals surface area contributed by atoms with E-state index in [0.29, 0.717) is 11.9 Å². The van der Waals surface area contributed by atoms with Crippen LogP contribution in [0.3, 0.4) is 0 Å². The summed E-state index contributed by atoms with van der Waals surface area (Å²) in [4.78, 5) is 6.98. The van der Waals surface area contributed by atoms with Crippen LogP contribution in [0.25, 0.3) is 0 Å². The highest BCUT2D eigenvalue weighted by atomic mass is 35.5. The lowest BCUT2D eigenvalue weighted by atomic mass is 10.2. The highest BCUT2D eigenvalue weighted by Gasteiger charge is 2.10. The maximum Gasteiger partial charge on any atom is 0.0941 e. The second-order valence-electron chi connectivity index (χ2n) is 4.00. The molecule has 0 fully saturated rings. The van der Waals surface area contributed by atoms with Crippen molar-refractivity contribution in [3.05, 3.63) is 16.1 Å². The number of hydrogen-bond acceptors (Lipinski definition) is 3. The Morgan fingerprint density at radius 1 is 1.50 bits per heavy atom. The summed E-state index contributed by atoms with van der Waals surface area (Å²) in [6.07, 6.45) is 2.25. The molecule has 2 nitrogen and oxygen atoms in total. The normalized spacial score (nSPS) is 13.3. The monoisotopic (exact) mass is 260 g/mol. The highest BCUT2D eigenvalue weighted by molar-refractivity contribution is 7.09. The van der Waals surface area contributed by atoms with Crippen LogP contribution in [0.2, 0.25) is 0 Å². The van der Waals surface area contributed by atoms with Crippen LogP contribution in [0.15, 0.2) is 5.38 Å². The Morgan fingerprint density at radius 2 is 2.25 bits per heavy atom. The van der Waals surface area contributed by atoms with E-state index in [4.69, 9.17) is 11.6 Å². The third-order valence-electron chi connectivity index (χ3n) is 2.97. The van der Waals surface area contributed by atoms with Crippen molar-refractivity contribution in [2.24, 2.45) is 0 Å². The van der Waals surface area contributed by atoms with Crippen LogP contribution in [0.4, 0.5) is 0 Å². The number of thiazole rings is 1. The molecule has 1 aromatic heterocycles. The molecule has 4 heteroatoms. The summed E-state index contributed by atoms with van der Waals surface area (Å²) in [7, 11) is 0. The first-order valence-corrected chi connectivity index (χ1v) is 7.35.